The maximum Gasteiger partial charge on any atom is 0.355 e. The summed E-state index contributed by atoms with van der Waals surface area (Å²) >= 11 is 0. The summed E-state index contributed by atoms with van der Waals surface area (Å²) < 4.78 is 96.1. The monoisotopic (exact) mass is 482 g/mol. The maximum atomic E-state index is 17.2. The van der Waals surface area contributed by atoms with Crippen molar-refractivity contribution in [1.29, 1.82) is 0 Å². The molecular formula is C25H39F5O3. The fourth-order valence-electron chi connectivity index (χ4n) is 3.66. The van der Waals surface area contributed by atoms with E-state index in [0.29, 0.717) is 12.8 Å². The van der Waals surface area contributed by atoms with Crippen LogP contribution in [0.2, 0.25) is 0 Å². The maximum absolute atomic E-state index is 17.2. The van der Waals surface area contributed by atoms with Gasteiger partial charge in [-0.3, -0.25) is 0 Å². The van der Waals surface area contributed by atoms with Gasteiger partial charge in [-0.15, -0.1) is 0 Å². The first-order chi connectivity index (χ1) is 15.2. The molecule has 0 radical (unpaired) electrons. The molecule has 0 N–H and O–H groups in total. The van der Waals surface area contributed by atoms with Crippen LogP contribution in [-0.2, 0) is 19.9 Å². The minimum atomic E-state index is -5.23. The predicted molar refractivity (Wildman–Crippen MR) is 119 cm³/mol. The van der Waals surface area contributed by atoms with E-state index in [1.165, 1.54) is 59.7 Å². The van der Waals surface area contributed by atoms with E-state index in [2.05, 4.69) is 0 Å². The molecule has 33 heavy (non-hydrogen) atoms. The van der Waals surface area contributed by atoms with Gasteiger partial charge in [0.1, 0.15) is 0 Å². The molecule has 1 aromatic carbocycles. The number of unbranched alkanes of at least 4 members (excludes halogenated alkanes) is 3. The van der Waals surface area contributed by atoms with E-state index in [-0.39, 0.29) is 6.42 Å². The Labute approximate surface area is 195 Å². The average Bonchev–Trinajstić information content (AvgIpc) is 2.69. The van der Waals surface area contributed by atoms with Gasteiger partial charge < -0.3 is 14.2 Å². The van der Waals surface area contributed by atoms with E-state index < -0.39 is 53.8 Å². The van der Waals surface area contributed by atoms with Crippen LogP contribution in [0.15, 0.2) is 30.3 Å². The summed E-state index contributed by atoms with van der Waals surface area (Å²) in [5.74, 6) is -13.1. The zero-order valence-corrected chi connectivity index (χ0v) is 20.8. The molecule has 0 heterocycles. The lowest BCUT2D eigenvalue weighted by Crippen LogP contribution is -2.69. The Morgan fingerprint density at radius 2 is 1.15 bits per heavy atom. The predicted octanol–water partition coefficient (Wildman–Crippen LogP) is 8.02. The average molecular weight is 483 g/mol. The van der Waals surface area contributed by atoms with E-state index in [0.717, 1.165) is 18.6 Å². The van der Waals surface area contributed by atoms with Gasteiger partial charge in [0, 0.05) is 12.0 Å². The van der Waals surface area contributed by atoms with E-state index >= 15 is 22.0 Å². The Morgan fingerprint density at radius 1 is 0.697 bits per heavy atom. The van der Waals surface area contributed by atoms with Crippen LogP contribution >= 0.6 is 0 Å². The summed E-state index contributed by atoms with van der Waals surface area (Å²) in [7, 11) is 0. The second-order valence-electron chi connectivity index (χ2n) is 9.17. The molecule has 8 heteroatoms. The number of benzene rings is 1. The molecule has 0 aliphatic carbocycles. The highest BCUT2D eigenvalue weighted by molar-refractivity contribution is 5.30. The zero-order valence-electron chi connectivity index (χ0n) is 20.8. The summed E-state index contributed by atoms with van der Waals surface area (Å²) in [5, 5.41) is 0. The standard InChI is InChI=1S/C25H39F5O3/c1-8-9-10-14-17-22(26,27)24(29,30)23(28,21-15-12-11-13-16-21)25(31-18(2)3,32-19(4)5)33-20(6)7/h11-13,15-16,18-20H,8-10,14,17H2,1-7H3. The number of ether oxygens (including phenoxy) is 3. The number of rotatable bonds is 15. The molecule has 0 amide bonds. The first-order valence-corrected chi connectivity index (χ1v) is 11.7. The van der Waals surface area contributed by atoms with E-state index in [4.69, 9.17) is 14.2 Å². The summed E-state index contributed by atoms with van der Waals surface area (Å²) in [6.45, 7) is 10.7. The van der Waals surface area contributed by atoms with Gasteiger partial charge in [-0.1, -0.05) is 56.5 Å². The number of alkyl halides is 5. The second-order valence-corrected chi connectivity index (χ2v) is 9.17. The van der Waals surface area contributed by atoms with E-state index in [1.54, 1.807) is 0 Å². The highest BCUT2D eigenvalue weighted by Gasteiger charge is 2.80. The summed E-state index contributed by atoms with van der Waals surface area (Å²) in [6, 6.07) is 6.11. The van der Waals surface area contributed by atoms with E-state index in [9.17, 15) is 0 Å². The van der Waals surface area contributed by atoms with Gasteiger partial charge in [0.05, 0.1) is 18.3 Å². The van der Waals surface area contributed by atoms with Crippen molar-refractivity contribution in [3.63, 3.8) is 0 Å². The number of hydrogen-bond acceptors (Lipinski definition) is 3. The van der Waals surface area contributed by atoms with Crippen molar-refractivity contribution in [1.82, 2.24) is 0 Å². The smallest absolute Gasteiger partial charge is 0.322 e. The van der Waals surface area contributed by atoms with Crippen molar-refractivity contribution < 1.29 is 36.2 Å². The Kier molecular flexibility index (Phi) is 10.8. The molecule has 0 aliphatic rings. The molecule has 3 nitrogen and oxygen atoms in total. The topological polar surface area (TPSA) is 27.7 Å². The number of halogens is 5. The van der Waals surface area contributed by atoms with Gasteiger partial charge in [0.2, 0.25) is 0 Å². The number of hydrogen-bond donors (Lipinski definition) is 0. The van der Waals surface area contributed by atoms with Crippen LogP contribution in [0, 0.1) is 0 Å². The van der Waals surface area contributed by atoms with Crippen molar-refractivity contribution in [2.45, 2.75) is 122 Å². The Morgan fingerprint density at radius 3 is 1.55 bits per heavy atom. The van der Waals surface area contributed by atoms with Crippen LogP contribution in [0.4, 0.5) is 22.0 Å². The minimum Gasteiger partial charge on any atom is -0.322 e. The van der Waals surface area contributed by atoms with Crippen LogP contribution in [0.5, 0.6) is 0 Å². The van der Waals surface area contributed by atoms with Crippen LogP contribution < -0.4 is 0 Å². The molecule has 0 aromatic heterocycles. The molecule has 0 aliphatic heterocycles. The minimum absolute atomic E-state index is 0.171. The fraction of sp³-hybridized carbons (Fsp3) is 0.760. The molecule has 0 saturated carbocycles. The third-order valence-electron chi connectivity index (χ3n) is 5.00. The van der Waals surface area contributed by atoms with Crippen molar-refractivity contribution >= 4 is 0 Å². The van der Waals surface area contributed by atoms with Crippen LogP contribution in [0.3, 0.4) is 0 Å². The molecule has 0 fully saturated rings. The van der Waals surface area contributed by atoms with Crippen molar-refractivity contribution in [2.75, 3.05) is 0 Å². The lowest BCUT2D eigenvalue weighted by Gasteiger charge is -2.50. The third kappa shape index (κ3) is 6.67. The van der Waals surface area contributed by atoms with E-state index in [1.807, 2.05) is 6.92 Å². The van der Waals surface area contributed by atoms with Gasteiger partial charge in [-0.2, -0.15) is 17.6 Å². The largest absolute Gasteiger partial charge is 0.355 e. The summed E-state index contributed by atoms with van der Waals surface area (Å²) in [4.78, 5) is 0. The van der Waals surface area contributed by atoms with Crippen LogP contribution in [0.1, 0.15) is 86.1 Å². The first-order valence-electron chi connectivity index (χ1n) is 11.7. The van der Waals surface area contributed by atoms with Crippen molar-refractivity contribution in [3.05, 3.63) is 35.9 Å². The van der Waals surface area contributed by atoms with Crippen LogP contribution in [0.25, 0.3) is 0 Å². The van der Waals surface area contributed by atoms with Gasteiger partial charge in [0.25, 0.3) is 5.67 Å². The highest BCUT2D eigenvalue weighted by atomic mass is 19.3. The SMILES string of the molecule is CCCCCCC(F)(F)C(F)(F)C(F)(c1ccccc1)C(OC(C)C)(OC(C)C)OC(C)C. The van der Waals surface area contributed by atoms with Gasteiger partial charge in [0.15, 0.2) is 0 Å². The quantitative estimate of drug-likeness (QED) is 0.144. The molecule has 0 spiro atoms. The third-order valence-corrected chi connectivity index (χ3v) is 5.00. The first kappa shape index (κ1) is 29.8. The Hall–Kier alpha value is -1.25. The van der Waals surface area contributed by atoms with Crippen molar-refractivity contribution in [2.24, 2.45) is 0 Å². The lowest BCUT2D eigenvalue weighted by atomic mass is 9.81. The molecule has 0 saturated heterocycles. The fourth-order valence-corrected chi connectivity index (χ4v) is 3.66. The molecule has 1 unspecified atom stereocenters. The van der Waals surface area contributed by atoms with Gasteiger partial charge in [-0.25, -0.2) is 4.39 Å². The molecule has 1 rings (SSSR count). The van der Waals surface area contributed by atoms with Gasteiger partial charge in [-0.05, 0) is 48.0 Å². The summed E-state index contributed by atoms with van der Waals surface area (Å²) in [5.41, 5.74) is -4.89. The molecule has 192 valence electrons. The Balaban J connectivity index is 3.82. The Bertz CT molecular complexity index is 668. The van der Waals surface area contributed by atoms with Gasteiger partial charge >= 0.3 is 17.8 Å². The highest BCUT2D eigenvalue weighted by Crippen LogP contribution is 2.59. The molecule has 1 aromatic rings. The molecule has 0 bridgehead atoms. The van der Waals surface area contributed by atoms with Crippen LogP contribution in [-0.4, -0.2) is 36.1 Å². The molecular weight excluding hydrogens is 443 g/mol. The summed E-state index contributed by atoms with van der Waals surface area (Å²) in [6.07, 6.45) is -2.29. The second kappa shape index (κ2) is 11.9. The zero-order chi connectivity index (χ0) is 25.5. The van der Waals surface area contributed by atoms with Crippen molar-refractivity contribution in [3.8, 4) is 0 Å². The normalized spacial score (nSPS) is 15.5. The lowest BCUT2D eigenvalue weighted by molar-refractivity contribution is -0.492. The molecule has 1 atom stereocenters.